The number of nitriles is 1. The zero-order valence-electron chi connectivity index (χ0n) is 5.66. The fourth-order valence-electron chi connectivity index (χ4n) is 0.980. The van der Waals surface area contributed by atoms with E-state index >= 15 is 0 Å². The van der Waals surface area contributed by atoms with Crippen molar-refractivity contribution in [3.63, 3.8) is 0 Å². The summed E-state index contributed by atoms with van der Waals surface area (Å²) in [5.41, 5.74) is 0.712. The van der Waals surface area contributed by atoms with Crippen LogP contribution < -0.4 is 0 Å². The van der Waals surface area contributed by atoms with Crippen molar-refractivity contribution in [1.29, 1.82) is 5.26 Å². The van der Waals surface area contributed by atoms with Gasteiger partial charge in [-0.2, -0.15) is 5.26 Å². The summed E-state index contributed by atoms with van der Waals surface area (Å²) < 4.78 is 1.18. The summed E-state index contributed by atoms with van der Waals surface area (Å²) in [5, 5.41) is 12.7. The molecule has 51 valence electrons. The fourth-order valence-corrected chi connectivity index (χ4v) is 1.66. The van der Waals surface area contributed by atoms with Gasteiger partial charge in [0.15, 0.2) is 0 Å². The molecule has 1 nitrogen and oxygen atoms in total. The lowest BCUT2D eigenvalue weighted by Gasteiger charge is -1.87. The summed E-state index contributed by atoms with van der Waals surface area (Å²) in [6.45, 7) is 0. The Hall–Kier alpha value is -1.33. The molecule has 0 aliphatic carbocycles. The van der Waals surface area contributed by atoms with Crippen LogP contribution in [-0.2, 0) is 0 Å². The number of rotatable bonds is 0. The molecular formula is C9H4NS. The van der Waals surface area contributed by atoms with Gasteiger partial charge in [-0.15, -0.1) is 11.3 Å². The smallest absolute Gasteiger partial charge is 0.0991 e. The van der Waals surface area contributed by atoms with Gasteiger partial charge in [0.25, 0.3) is 0 Å². The maximum Gasteiger partial charge on any atom is 0.0991 e. The van der Waals surface area contributed by atoms with Crippen LogP contribution in [-0.4, -0.2) is 0 Å². The van der Waals surface area contributed by atoms with Crippen molar-refractivity contribution < 1.29 is 0 Å². The van der Waals surface area contributed by atoms with Gasteiger partial charge in [0.1, 0.15) is 0 Å². The molecule has 2 rings (SSSR count). The molecule has 0 N–H and O–H groups in total. The first-order chi connectivity index (χ1) is 5.40. The van der Waals surface area contributed by atoms with Gasteiger partial charge >= 0.3 is 0 Å². The molecule has 0 bridgehead atoms. The zero-order valence-corrected chi connectivity index (χ0v) is 6.48. The number of hydrogen-bond acceptors (Lipinski definition) is 2. The maximum absolute atomic E-state index is 8.58. The molecule has 0 aliphatic rings. The lowest BCUT2D eigenvalue weighted by molar-refractivity contribution is 1.50. The van der Waals surface area contributed by atoms with Gasteiger partial charge in [0, 0.05) is 10.1 Å². The van der Waals surface area contributed by atoms with E-state index in [1.54, 1.807) is 11.3 Å². The van der Waals surface area contributed by atoms with E-state index in [1.807, 2.05) is 24.3 Å². The highest BCUT2D eigenvalue weighted by Crippen LogP contribution is 2.20. The number of fused-ring (bicyclic) bond motifs is 1. The van der Waals surface area contributed by atoms with E-state index in [2.05, 4.69) is 11.4 Å². The zero-order chi connectivity index (χ0) is 7.68. The van der Waals surface area contributed by atoms with Crippen LogP contribution in [0.2, 0.25) is 0 Å². The predicted molar refractivity (Wildman–Crippen MR) is 45.4 cm³/mol. The Balaban J connectivity index is 2.79. The Morgan fingerprint density at radius 1 is 1.45 bits per heavy atom. The minimum absolute atomic E-state index is 0.712. The topological polar surface area (TPSA) is 23.8 Å². The molecule has 0 saturated carbocycles. The lowest BCUT2D eigenvalue weighted by Crippen LogP contribution is -1.69. The van der Waals surface area contributed by atoms with Crippen LogP contribution in [0.1, 0.15) is 5.56 Å². The summed E-state index contributed by atoms with van der Waals surface area (Å²) in [4.78, 5) is 0. The van der Waals surface area contributed by atoms with Crippen molar-refractivity contribution in [2.75, 3.05) is 0 Å². The SMILES string of the molecule is N#Cc1ccc2s[c]cc2c1. The second kappa shape index (κ2) is 2.37. The normalized spacial score (nSPS) is 9.73. The van der Waals surface area contributed by atoms with E-state index in [-0.39, 0.29) is 0 Å². The van der Waals surface area contributed by atoms with Gasteiger partial charge < -0.3 is 0 Å². The molecule has 0 saturated heterocycles. The first-order valence-corrected chi connectivity index (χ1v) is 4.01. The second-order valence-electron chi connectivity index (χ2n) is 2.23. The lowest BCUT2D eigenvalue weighted by atomic mass is 10.2. The number of hydrogen-bond donors (Lipinski definition) is 0. The minimum atomic E-state index is 0.712. The summed E-state index contributed by atoms with van der Waals surface area (Å²) in [5.74, 6) is 0. The summed E-state index contributed by atoms with van der Waals surface area (Å²) in [7, 11) is 0. The Kier molecular flexibility index (Phi) is 1.38. The van der Waals surface area contributed by atoms with E-state index in [1.165, 1.54) is 4.70 Å². The van der Waals surface area contributed by atoms with Crippen LogP contribution in [0.15, 0.2) is 24.3 Å². The van der Waals surface area contributed by atoms with Gasteiger partial charge in [0.2, 0.25) is 0 Å². The molecular weight excluding hydrogens is 154 g/mol. The Bertz CT molecular complexity index is 422. The average molecular weight is 158 g/mol. The molecule has 0 unspecified atom stereocenters. The number of nitrogens with zero attached hydrogens (tertiary/aromatic N) is 1. The predicted octanol–water partition coefficient (Wildman–Crippen LogP) is 2.57. The Labute approximate surface area is 68.5 Å². The summed E-state index contributed by atoms with van der Waals surface area (Å²) in [6, 6.07) is 9.66. The molecule has 1 heterocycles. The van der Waals surface area contributed by atoms with E-state index in [4.69, 9.17) is 5.26 Å². The van der Waals surface area contributed by atoms with Crippen molar-refractivity contribution in [3.05, 3.63) is 35.2 Å². The van der Waals surface area contributed by atoms with Gasteiger partial charge in [-0.25, -0.2) is 0 Å². The molecule has 2 aromatic rings. The van der Waals surface area contributed by atoms with Crippen LogP contribution in [0, 0.1) is 16.7 Å². The first kappa shape index (κ1) is 6.38. The van der Waals surface area contributed by atoms with Gasteiger partial charge in [-0.05, 0) is 29.7 Å². The van der Waals surface area contributed by atoms with Crippen LogP contribution in [0.25, 0.3) is 10.1 Å². The molecule has 0 spiro atoms. The standard InChI is InChI=1S/C9H4NS/c10-6-7-1-2-9-8(5-7)3-4-11-9/h1-3,5H. The summed E-state index contributed by atoms with van der Waals surface area (Å²) >= 11 is 1.57. The first-order valence-electron chi connectivity index (χ1n) is 3.20. The Morgan fingerprint density at radius 3 is 3.18 bits per heavy atom. The van der Waals surface area contributed by atoms with Gasteiger partial charge in [-0.1, -0.05) is 0 Å². The third-order valence-electron chi connectivity index (χ3n) is 1.52. The maximum atomic E-state index is 8.58. The van der Waals surface area contributed by atoms with Crippen molar-refractivity contribution in [3.8, 4) is 6.07 Å². The highest BCUT2D eigenvalue weighted by Gasteiger charge is 1.95. The molecule has 1 radical (unpaired) electrons. The van der Waals surface area contributed by atoms with E-state index in [9.17, 15) is 0 Å². The Morgan fingerprint density at radius 2 is 2.36 bits per heavy atom. The largest absolute Gasteiger partial charge is 0.192 e. The summed E-state index contributed by atoms with van der Waals surface area (Å²) in [6.07, 6.45) is 0. The molecule has 2 heteroatoms. The van der Waals surface area contributed by atoms with E-state index in [0.29, 0.717) is 5.56 Å². The third-order valence-corrected chi connectivity index (χ3v) is 2.35. The van der Waals surface area contributed by atoms with Crippen molar-refractivity contribution in [1.82, 2.24) is 0 Å². The van der Waals surface area contributed by atoms with Gasteiger partial charge in [0.05, 0.1) is 11.6 Å². The van der Waals surface area contributed by atoms with Crippen LogP contribution in [0.5, 0.6) is 0 Å². The highest BCUT2D eigenvalue weighted by atomic mass is 32.1. The quantitative estimate of drug-likeness (QED) is 0.578. The fraction of sp³-hybridized carbons (Fsp3) is 0. The molecule has 0 amide bonds. The van der Waals surface area contributed by atoms with Crippen LogP contribution in [0.3, 0.4) is 0 Å². The van der Waals surface area contributed by atoms with Crippen molar-refractivity contribution in [2.24, 2.45) is 0 Å². The monoisotopic (exact) mass is 158 g/mol. The third kappa shape index (κ3) is 0.997. The number of thiophene rings is 1. The van der Waals surface area contributed by atoms with E-state index in [0.717, 1.165) is 5.39 Å². The molecule has 1 aromatic heterocycles. The molecule has 0 aliphatic heterocycles. The number of benzene rings is 1. The van der Waals surface area contributed by atoms with Crippen molar-refractivity contribution in [2.45, 2.75) is 0 Å². The average Bonchev–Trinajstić information content (AvgIpc) is 2.50. The molecule has 1 aromatic carbocycles. The van der Waals surface area contributed by atoms with E-state index < -0.39 is 0 Å². The molecule has 0 atom stereocenters. The van der Waals surface area contributed by atoms with Gasteiger partial charge in [-0.3, -0.25) is 0 Å². The molecule has 0 fully saturated rings. The highest BCUT2D eigenvalue weighted by molar-refractivity contribution is 7.16. The van der Waals surface area contributed by atoms with Crippen LogP contribution >= 0.6 is 11.3 Å². The second-order valence-corrected chi connectivity index (χ2v) is 3.11. The van der Waals surface area contributed by atoms with Crippen LogP contribution in [0.4, 0.5) is 0 Å². The van der Waals surface area contributed by atoms with Crippen molar-refractivity contribution >= 4 is 21.4 Å². The minimum Gasteiger partial charge on any atom is -0.192 e. The molecule has 11 heavy (non-hydrogen) atoms.